The average Bonchev–Trinajstić information content (AvgIpc) is 3.22. The van der Waals surface area contributed by atoms with Crippen LogP contribution in [0.1, 0.15) is 75.3 Å². The van der Waals surface area contributed by atoms with Gasteiger partial charge in [0, 0.05) is 35.7 Å². The summed E-state index contributed by atoms with van der Waals surface area (Å²) in [6.07, 6.45) is 15.8. The molecule has 0 spiro atoms. The highest BCUT2D eigenvalue weighted by Crippen LogP contribution is 2.32. The van der Waals surface area contributed by atoms with E-state index in [1.54, 1.807) is 0 Å². The monoisotopic (exact) mass is 460 g/mol. The molecule has 34 heavy (non-hydrogen) atoms. The van der Waals surface area contributed by atoms with Gasteiger partial charge in [-0.25, -0.2) is 4.39 Å². The second-order valence-corrected chi connectivity index (χ2v) is 10.3. The predicted molar refractivity (Wildman–Crippen MR) is 136 cm³/mol. The lowest BCUT2D eigenvalue weighted by molar-refractivity contribution is -0.137. The van der Waals surface area contributed by atoms with Crippen LogP contribution in [0.2, 0.25) is 0 Å². The zero-order valence-electron chi connectivity index (χ0n) is 20.2. The normalized spacial score (nSPS) is 17.8. The van der Waals surface area contributed by atoms with Crippen LogP contribution in [-0.2, 0) is 24.2 Å². The Balaban J connectivity index is 1.37. The average molecular weight is 461 g/mol. The molecule has 0 aliphatic heterocycles. The number of rotatable bonds is 7. The predicted octanol–water partition coefficient (Wildman–Crippen LogP) is 7.06. The van der Waals surface area contributed by atoms with Gasteiger partial charge < -0.3 is 9.47 Å². The number of carbonyl (C=O) groups is 1. The maximum Gasteiger partial charge on any atom is 0.227 e. The maximum atomic E-state index is 13.9. The molecule has 3 aromatic rings. The number of aromatic nitrogens is 1. The van der Waals surface area contributed by atoms with Crippen LogP contribution in [0.3, 0.4) is 0 Å². The summed E-state index contributed by atoms with van der Waals surface area (Å²) in [5.41, 5.74) is 3.43. The Kier molecular flexibility index (Phi) is 7.32. The van der Waals surface area contributed by atoms with Gasteiger partial charge in [0.2, 0.25) is 5.91 Å². The van der Waals surface area contributed by atoms with Crippen molar-refractivity contribution in [2.75, 3.05) is 0 Å². The Hall–Kier alpha value is -2.62. The van der Waals surface area contributed by atoms with Crippen molar-refractivity contribution in [3.8, 4) is 0 Å². The molecule has 1 aromatic heterocycles. The van der Waals surface area contributed by atoms with Crippen LogP contribution in [0.25, 0.3) is 10.9 Å². The van der Waals surface area contributed by atoms with Crippen molar-refractivity contribution in [1.82, 2.24) is 9.47 Å². The smallest absolute Gasteiger partial charge is 0.227 e. The number of aryl methyl sites for hydroxylation is 2. The van der Waals surface area contributed by atoms with Crippen LogP contribution in [0.4, 0.5) is 4.39 Å². The molecule has 2 aromatic carbocycles. The summed E-state index contributed by atoms with van der Waals surface area (Å²) in [7, 11) is 0. The number of carbonyl (C=O) groups excluding carboxylic acids is 1. The zero-order valence-corrected chi connectivity index (χ0v) is 20.2. The lowest BCUT2D eigenvalue weighted by atomic mass is 9.88. The first-order valence-electron chi connectivity index (χ1n) is 13.3. The van der Waals surface area contributed by atoms with Crippen molar-refractivity contribution in [2.24, 2.45) is 0 Å². The quantitative estimate of drug-likeness (QED) is 0.370. The molecule has 2 fully saturated rings. The van der Waals surface area contributed by atoms with E-state index in [2.05, 4.69) is 39.9 Å². The minimum atomic E-state index is -0.198. The largest absolute Gasteiger partial charge is 0.347 e. The van der Waals surface area contributed by atoms with E-state index in [1.165, 1.54) is 87.2 Å². The summed E-state index contributed by atoms with van der Waals surface area (Å²) in [6, 6.07) is 16.1. The van der Waals surface area contributed by atoms with Crippen molar-refractivity contribution in [3.05, 3.63) is 71.7 Å². The molecule has 5 rings (SSSR count). The highest BCUT2D eigenvalue weighted by molar-refractivity contribution is 5.89. The van der Waals surface area contributed by atoms with Crippen LogP contribution in [0.15, 0.2) is 54.7 Å². The van der Waals surface area contributed by atoms with E-state index in [0.29, 0.717) is 24.4 Å². The molecular formula is C30H37FN2O. The first-order chi connectivity index (χ1) is 16.7. The highest BCUT2D eigenvalue weighted by atomic mass is 19.1. The Labute approximate surface area is 203 Å². The third kappa shape index (κ3) is 5.21. The second kappa shape index (κ2) is 10.8. The lowest BCUT2D eigenvalue weighted by Gasteiger charge is -2.42. The Morgan fingerprint density at radius 2 is 1.47 bits per heavy atom. The molecule has 3 nitrogen and oxygen atoms in total. The number of halogens is 1. The molecule has 2 aliphatic carbocycles. The Bertz CT molecular complexity index is 1070. The summed E-state index contributed by atoms with van der Waals surface area (Å²) >= 11 is 0. The fourth-order valence-corrected chi connectivity index (χ4v) is 6.23. The van der Waals surface area contributed by atoms with Crippen LogP contribution < -0.4 is 0 Å². The third-order valence-corrected chi connectivity index (χ3v) is 7.99. The Morgan fingerprint density at radius 3 is 2.12 bits per heavy atom. The second-order valence-electron chi connectivity index (χ2n) is 10.3. The standard InChI is InChI=1S/C30H37FN2O/c31-25-17-15-23(16-18-25)19-20-32-22-24(28-13-7-8-14-29(28)32)21-30(34)33(26-9-3-1-4-10-26)27-11-5-2-6-12-27/h7-8,13-18,22,26-27H,1-6,9-12,19-21H2. The van der Waals surface area contributed by atoms with E-state index < -0.39 is 0 Å². The number of benzene rings is 2. The van der Waals surface area contributed by atoms with Crippen molar-refractivity contribution in [1.29, 1.82) is 0 Å². The highest BCUT2D eigenvalue weighted by Gasteiger charge is 2.32. The summed E-state index contributed by atoms with van der Waals surface area (Å²) in [5, 5.41) is 1.18. The van der Waals surface area contributed by atoms with Gasteiger partial charge in [0.05, 0.1) is 6.42 Å². The van der Waals surface area contributed by atoms with Crippen LogP contribution in [0, 0.1) is 5.82 Å². The number of hydrogen-bond acceptors (Lipinski definition) is 1. The first kappa shape index (κ1) is 23.1. The molecule has 2 saturated carbocycles. The van der Waals surface area contributed by atoms with Crippen molar-refractivity contribution >= 4 is 16.8 Å². The van der Waals surface area contributed by atoms with Gasteiger partial charge in [0.1, 0.15) is 5.82 Å². The van der Waals surface area contributed by atoms with Gasteiger partial charge in [-0.05, 0) is 61.4 Å². The molecular weight excluding hydrogens is 423 g/mol. The fraction of sp³-hybridized carbons (Fsp3) is 0.500. The number of amides is 1. The molecule has 0 bridgehead atoms. The van der Waals surface area contributed by atoms with E-state index in [0.717, 1.165) is 24.1 Å². The fourth-order valence-electron chi connectivity index (χ4n) is 6.23. The molecule has 4 heteroatoms. The van der Waals surface area contributed by atoms with Crippen LogP contribution in [0.5, 0.6) is 0 Å². The summed E-state index contributed by atoms with van der Waals surface area (Å²) in [6.45, 7) is 0.815. The minimum absolute atomic E-state index is 0.198. The minimum Gasteiger partial charge on any atom is -0.347 e. The van der Waals surface area contributed by atoms with Gasteiger partial charge >= 0.3 is 0 Å². The summed E-state index contributed by atoms with van der Waals surface area (Å²) in [5.74, 6) is 0.122. The molecule has 0 radical (unpaired) electrons. The molecule has 0 atom stereocenters. The third-order valence-electron chi connectivity index (χ3n) is 7.99. The number of fused-ring (bicyclic) bond motifs is 1. The summed E-state index contributed by atoms with van der Waals surface area (Å²) < 4.78 is 15.5. The van der Waals surface area contributed by atoms with Crippen LogP contribution in [-0.4, -0.2) is 27.5 Å². The molecule has 180 valence electrons. The molecule has 0 saturated heterocycles. The molecule has 1 amide bonds. The van der Waals surface area contributed by atoms with E-state index >= 15 is 0 Å². The number of nitrogens with zero attached hydrogens (tertiary/aromatic N) is 2. The van der Waals surface area contributed by atoms with Gasteiger partial charge in [0.25, 0.3) is 0 Å². The van der Waals surface area contributed by atoms with Crippen molar-refractivity contribution in [3.63, 3.8) is 0 Å². The first-order valence-corrected chi connectivity index (χ1v) is 13.3. The van der Waals surface area contributed by atoms with E-state index in [1.807, 2.05) is 12.1 Å². The Morgan fingerprint density at radius 1 is 0.853 bits per heavy atom. The molecule has 0 unspecified atom stereocenters. The van der Waals surface area contributed by atoms with Gasteiger partial charge in [-0.15, -0.1) is 0 Å². The topological polar surface area (TPSA) is 25.2 Å². The number of para-hydroxylation sites is 1. The summed E-state index contributed by atoms with van der Waals surface area (Å²) in [4.78, 5) is 16.2. The van der Waals surface area contributed by atoms with Gasteiger partial charge in [0.15, 0.2) is 0 Å². The van der Waals surface area contributed by atoms with Crippen LogP contribution >= 0.6 is 0 Å². The van der Waals surface area contributed by atoms with E-state index in [4.69, 9.17) is 0 Å². The van der Waals surface area contributed by atoms with E-state index in [9.17, 15) is 9.18 Å². The van der Waals surface area contributed by atoms with Gasteiger partial charge in [-0.3, -0.25) is 4.79 Å². The van der Waals surface area contributed by atoms with Gasteiger partial charge in [-0.1, -0.05) is 68.9 Å². The molecule has 0 N–H and O–H groups in total. The van der Waals surface area contributed by atoms with Crippen molar-refractivity contribution in [2.45, 2.75) is 95.7 Å². The van der Waals surface area contributed by atoms with E-state index in [-0.39, 0.29) is 5.82 Å². The molecule has 2 aliphatic rings. The SMILES string of the molecule is O=C(Cc1cn(CCc2ccc(F)cc2)c2ccccc12)N(C1CCCCC1)C1CCCCC1. The molecule has 1 heterocycles. The number of hydrogen-bond donors (Lipinski definition) is 0. The van der Waals surface area contributed by atoms with Gasteiger partial charge in [-0.2, -0.15) is 0 Å². The van der Waals surface area contributed by atoms with Crippen molar-refractivity contribution < 1.29 is 9.18 Å². The zero-order chi connectivity index (χ0) is 23.3. The maximum absolute atomic E-state index is 13.9. The lowest BCUT2D eigenvalue weighted by Crippen LogP contribution is -2.49.